The molecule has 0 saturated carbocycles. The van der Waals surface area contributed by atoms with E-state index in [1.54, 1.807) is 47.4 Å². The van der Waals surface area contributed by atoms with Gasteiger partial charge in [-0.15, -0.1) is 4.40 Å². The van der Waals surface area contributed by atoms with Crippen molar-refractivity contribution in [1.82, 2.24) is 4.90 Å². The normalized spacial score (nSPS) is 21.3. The van der Waals surface area contributed by atoms with Crippen molar-refractivity contribution >= 4 is 45.0 Å². The number of benzene rings is 2. The Balaban J connectivity index is 1.28. The summed E-state index contributed by atoms with van der Waals surface area (Å²) in [6, 6.07) is 13.5. The maximum absolute atomic E-state index is 13.1. The number of rotatable bonds is 3. The van der Waals surface area contributed by atoms with E-state index in [4.69, 9.17) is 4.74 Å². The summed E-state index contributed by atoms with van der Waals surface area (Å²) in [7, 11) is -3.77. The minimum Gasteiger partial charge on any atom is -0.452 e. The summed E-state index contributed by atoms with van der Waals surface area (Å²) in [5.41, 5.74) is 1.58. The van der Waals surface area contributed by atoms with E-state index in [2.05, 4.69) is 9.71 Å². The molecule has 182 valence electrons. The van der Waals surface area contributed by atoms with Gasteiger partial charge in [0.15, 0.2) is 11.9 Å². The van der Waals surface area contributed by atoms with Crippen LogP contribution >= 0.6 is 0 Å². The van der Waals surface area contributed by atoms with Crippen molar-refractivity contribution in [3.05, 3.63) is 54.1 Å². The second-order valence-electron chi connectivity index (χ2n) is 8.74. The molecule has 5 rings (SSSR count). The number of carbonyl (C=O) groups excluding carboxylic acids is 3. The van der Waals surface area contributed by atoms with Gasteiger partial charge in [0.2, 0.25) is 5.91 Å². The third kappa shape index (κ3) is 4.27. The van der Waals surface area contributed by atoms with E-state index in [1.807, 2.05) is 0 Å². The molecule has 2 amide bonds. The van der Waals surface area contributed by atoms with Gasteiger partial charge in [0.25, 0.3) is 15.9 Å². The van der Waals surface area contributed by atoms with Crippen molar-refractivity contribution in [2.24, 2.45) is 10.3 Å². The van der Waals surface area contributed by atoms with Gasteiger partial charge in [-0.2, -0.15) is 8.42 Å². The molecule has 0 spiro atoms. The number of nitrogens with one attached hydrogen (secondary N) is 1. The van der Waals surface area contributed by atoms with Crippen LogP contribution in [0, 0.1) is 5.92 Å². The lowest BCUT2D eigenvalue weighted by Gasteiger charge is -2.34. The summed E-state index contributed by atoms with van der Waals surface area (Å²) in [4.78, 5) is 41.4. The third-order valence-corrected chi connectivity index (χ3v) is 7.67. The minimum atomic E-state index is -3.77. The number of esters is 1. The standard InChI is InChI=1S/C24H24N4O6S/c1-15(23(30)28-14-21(29)25-18-9-3-4-10-19(18)28)34-24(31)16-7-6-12-27(13-16)22-17-8-2-5-11-20(17)35(32,33)26-22/h2-5,8-11,15-16H,6-7,12-14H2,1H3,(H,25,29). The van der Waals surface area contributed by atoms with Gasteiger partial charge < -0.3 is 15.0 Å². The summed E-state index contributed by atoms with van der Waals surface area (Å²) >= 11 is 0. The minimum absolute atomic E-state index is 0.157. The van der Waals surface area contributed by atoms with Crippen molar-refractivity contribution < 1.29 is 27.5 Å². The average Bonchev–Trinajstić information content (AvgIpc) is 3.14. The molecule has 35 heavy (non-hydrogen) atoms. The first-order chi connectivity index (χ1) is 16.7. The van der Waals surface area contributed by atoms with E-state index in [1.165, 1.54) is 17.9 Å². The number of hydrogen-bond donors (Lipinski definition) is 1. The molecule has 10 nitrogen and oxygen atoms in total. The largest absolute Gasteiger partial charge is 0.452 e. The second kappa shape index (κ2) is 8.81. The molecule has 2 aromatic carbocycles. The highest BCUT2D eigenvalue weighted by Gasteiger charge is 2.37. The number of ether oxygens (including phenoxy) is 1. The molecule has 1 saturated heterocycles. The van der Waals surface area contributed by atoms with Crippen LogP contribution in [0.25, 0.3) is 0 Å². The number of fused-ring (bicyclic) bond motifs is 2. The number of para-hydroxylation sites is 2. The van der Waals surface area contributed by atoms with Crippen LogP contribution in [-0.4, -0.2) is 62.7 Å². The Morgan fingerprint density at radius 1 is 1.14 bits per heavy atom. The molecule has 3 heterocycles. The van der Waals surface area contributed by atoms with E-state index in [0.717, 1.165) is 0 Å². The molecule has 2 atom stereocenters. The van der Waals surface area contributed by atoms with Gasteiger partial charge in [-0.05, 0) is 44.0 Å². The Hall–Kier alpha value is -3.73. The van der Waals surface area contributed by atoms with Crippen LogP contribution in [0.3, 0.4) is 0 Å². The zero-order valence-corrected chi connectivity index (χ0v) is 19.8. The lowest BCUT2D eigenvalue weighted by atomic mass is 9.97. The summed E-state index contributed by atoms with van der Waals surface area (Å²) in [5, 5.41) is 2.72. The molecule has 0 aliphatic carbocycles. The Morgan fingerprint density at radius 3 is 2.71 bits per heavy atom. The smallest absolute Gasteiger partial charge is 0.311 e. The highest BCUT2D eigenvalue weighted by atomic mass is 32.2. The van der Waals surface area contributed by atoms with Gasteiger partial charge in [0.1, 0.15) is 11.4 Å². The van der Waals surface area contributed by atoms with Crippen LogP contribution in [0.2, 0.25) is 0 Å². The number of likely N-dealkylation sites (tertiary alicyclic amines) is 1. The number of carbonyl (C=O) groups is 3. The fraction of sp³-hybridized carbons (Fsp3) is 0.333. The molecular formula is C24H24N4O6S. The number of amides is 2. The number of anilines is 2. The van der Waals surface area contributed by atoms with Crippen molar-refractivity contribution in [3.8, 4) is 0 Å². The summed E-state index contributed by atoms with van der Waals surface area (Å²) < 4.78 is 34.3. The number of sulfonamides is 1. The summed E-state index contributed by atoms with van der Waals surface area (Å²) in [6.45, 7) is 2.11. The highest BCUT2D eigenvalue weighted by molar-refractivity contribution is 7.90. The second-order valence-corrected chi connectivity index (χ2v) is 10.3. The van der Waals surface area contributed by atoms with Gasteiger partial charge >= 0.3 is 5.97 Å². The van der Waals surface area contributed by atoms with Crippen molar-refractivity contribution in [2.75, 3.05) is 29.9 Å². The third-order valence-electron chi connectivity index (χ3n) is 6.34. The zero-order chi connectivity index (χ0) is 24.7. The monoisotopic (exact) mass is 496 g/mol. The Labute approximate surface area is 202 Å². The molecule has 11 heteroatoms. The van der Waals surface area contributed by atoms with Gasteiger partial charge in [-0.25, -0.2) is 0 Å². The summed E-state index contributed by atoms with van der Waals surface area (Å²) in [6.07, 6.45) is 0.0948. The van der Waals surface area contributed by atoms with Gasteiger partial charge in [-0.3, -0.25) is 19.3 Å². The van der Waals surface area contributed by atoms with E-state index in [-0.39, 0.29) is 23.9 Å². The number of amidine groups is 1. The lowest BCUT2D eigenvalue weighted by Crippen LogP contribution is -2.48. The molecule has 2 aromatic rings. The summed E-state index contributed by atoms with van der Waals surface area (Å²) in [5.74, 6) is -1.58. The molecular weight excluding hydrogens is 472 g/mol. The maximum Gasteiger partial charge on any atom is 0.311 e. The zero-order valence-electron chi connectivity index (χ0n) is 19.0. The number of piperidine rings is 1. The van der Waals surface area contributed by atoms with Crippen molar-refractivity contribution in [3.63, 3.8) is 0 Å². The van der Waals surface area contributed by atoms with Crippen molar-refractivity contribution in [2.45, 2.75) is 30.8 Å². The van der Waals surface area contributed by atoms with Crippen LogP contribution in [0.15, 0.2) is 57.8 Å². The SMILES string of the molecule is CC(OC(=O)C1CCCN(C2=NS(=O)(=O)c3ccccc32)C1)C(=O)N1CC(=O)Nc2ccccc21. The van der Waals surface area contributed by atoms with E-state index in [9.17, 15) is 22.8 Å². The molecule has 2 unspecified atom stereocenters. The number of hydrogen-bond acceptors (Lipinski definition) is 7. The number of nitrogens with zero attached hydrogens (tertiary/aromatic N) is 3. The fourth-order valence-electron chi connectivity index (χ4n) is 4.65. The van der Waals surface area contributed by atoms with Crippen LogP contribution < -0.4 is 10.2 Å². The molecule has 0 bridgehead atoms. The first-order valence-electron chi connectivity index (χ1n) is 11.3. The predicted octanol–water partition coefficient (Wildman–Crippen LogP) is 1.76. The van der Waals surface area contributed by atoms with Crippen LogP contribution in [0.5, 0.6) is 0 Å². The average molecular weight is 497 g/mol. The lowest BCUT2D eigenvalue weighted by molar-refractivity contribution is -0.159. The van der Waals surface area contributed by atoms with Gasteiger partial charge in [0.05, 0.1) is 17.3 Å². The van der Waals surface area contributed by atoms with Crippen LogP contribution in [-0.2, 0) is 29.1 Å². The molecule has 1 N–H and O–H groups in total. The van der Waals surface area contributed by atoms with E-state index < -0.39 is 33.9 Å². The fourth-order valence-corrected chi connectivity index (χ4v) is 5.88. The van der Waals surface area contributed by atoms with Crippen LogP contribution in [0.1, 0.15) is 25.3 Å². The van der Waals surface area contributed by atoms with Crippen LogP contribution in [0.4, 0.5) is 11.4 Å². The van der Waals surface area contributed by atoms with E-state index >= 15 is 0 Å². The first kappa shape index (κ1) is 23.0. The highest BCUT2D eigenvalue weighted by Crippen LogP contribution is 2.31. The van der Waals surface area contributed by atoms with Crippen molar-refractivity contribution in [1.29, 1.82) is 0 Å². The Morgan fingerprint density at radius 2 is 1.89 bits per heavy atom. The molecule has 0 aromatic heterocycles. The molecule has 3 aliphatic heterocycles. The van der Waals surface area contributed by atoms with Gasteiger partial charge in [0, 0.05) is 18.7 Å². The maximum atomic E-state index is 13.1. The Kier molecular flexibility index (Phi) is 5.79. The molecule has 0 radical (unpaired) electrons. The quantitative estimate of drug-likeness (QED) is 0.642. The first-order valence-corrected chi connectivity index (χ1v) is 12.8. The predicted molar refractivity (Wildman–Crippen MR) is 127 cm³/mol. The Bertz CT molecular complexity index is 1360. The van der Waals surface area contributed by atoms with Gasteiger partial charge in [-0.1, -0.05) is 24.3 Å². The molecule has 3 aliphatic rings. The topological polar surface area (TPSA) is 125 Å². The van der Waals surface area contributed by atoms with E-state index in [0.29, 0.717) is 42.2 Å². The molecule has 1 fully saturated rings.